The molecular formula is C19H14N3ORb. The van der Waals surface area contributed by atoms with Crippen LogP contribution < -0.4 is 63.5 Å². The maximum atomic E-state index is 12.7. The summed E-state index contributed by atoms with van der Waals surface area (Å²) >= 11 is 0. The summed E-state index contributed by atoms with van der Waals surface area (Å²) in [6.07, 6.45) is 3.13. The molecule has 3 heterocycles. The van der Waals surface area contributed by atoms with E-state index in [4.69, 9.17) is 0 Å². The van der Waals surface area contributed by atoms with Gasteiger partial charge in [-0.05, 0) is 41.5 Å². The second kappa shape index (κ2) is 5.73. The third-order valence-corrected chi connectivity index (χ3v) is 5.04. The first-order valence-corrected chi connectivity index (χ1v) is 7.67. The predicted molar refractivity (Wildman–Crippen MR) is 88.2 cm³/mol. The summed E-state index contributed by atoms with van der Waals surface area (Å²) in [7, 11) is 0. The largest absolute Gasteiger partial charge is 1.00 e. The Bertz CT molecular complexity index is 1000. The number of nitrogens with zero attached hydrogens (tertiary/aromatic N) is 2. The van der Waals surface area contributed by atoms with E-state index in [1.165, 1.54) is 11.1 Å². The van der Waals surface area contributed by atoms with Crippen LogP contribution in [-0.2, 0) is 23.1 Å². The summed E-state index contributed by atoms with van der Waals surface area (Å²) in [5.74, 6) is 0.755. The molecule has 0 saturated heterocycles. The van der Waals surface area contributed by atoms with Crippen molar-refractivity contribution in [1.82, 2.24) is 9.97 Å². The molecule has 0 radical (unpaired) electrons. The van der Waals surface area contributed by atoms with Gasteiger partial charge in [0.25, 0.3) is 0 Å². The van der Waals surface area contributed by atoms with E-state index in [-0.39, 0.29) is 64.1 Å². The first kappa shape index (κ1) is 16.4. The molecule has 0 bridgehead atoms. The average Bonchev–Trinajstić information content (AvgIpc) is 3.04. The van der Waals surface area contributed by atoms with Gasteiger partial charge < -0.3 is 5.32 Å². The number of carbonyl (C=O) groups is 1. The summed E-state index contributed by atoms with van der Waals surface area (Å²) in [6.45, 7) is 3.89. The van der Waals surface area contributed by atoms with Gasteiger partial charge in [-0.2, -0.15) is 6.07 Å². The van der Waals surface area contributed by atoms with Gasteiger partial charge in [0.2, 0.25) is 5.91 Å². The third-order valence-electron chi connectivity index (χ3n) is 5.04. The van der Waals surface area contributed by atoms with Crippen LogP contribution in [0.25, 0.3) is 10.9 Å². The van der Waals surface area contributed by atoms with Crippen LogP contribution >= 0.6 is 0 Å². The molecule has 2 aromatic heterocycles. The van der Waals surface area contributed by atoms with Crippen molar-refractivity contribution >= 4 is 22.6 Å². The van der Waals surface area contributed by atoms with E-state index in [1.807, 2.05) is 24.3 Å². The van der Waals surface area contributed by atoms with E-state index in [0.29, 0.717) is 12.2 Å². The van der Waals surface area contributed by atoms with Gasteiger partial charge >= 0.3 is 58.2 Å². The first-order valence-electron chi connectivity index (χ1n) is 7.67. The molecule has 5 heteroatoms. The maximum Gasteiger partial charge on any atom is 1.00 e. The van der Waals surface area contributed by atoms with E-state index < -0.39 is 5.41 Å². The monoisotopic (exact) mass is 385 g/mol. The fraction of sp³-hybridized carbons (Fsp3) is 0.158. The predicted octanol–water partition coefficient (Wildman–Crippen LogP) is -0.195. The molecule has 5 rings (SSSR count). The van der Waals surface area contributed by atoms with Crippen molar-refractivity contribution in [2.75, 3.05) is 5.32 Å². The molecule has 1 amide bonds. The van der Waals surface area contributed by atoms with Crippen LogP contribution in [0.1, 0.15) is 22.4 Å². The SMILES string of the molecule is [CH2-]c1ccc2cc3c(cc2n1)CC1(C3)C(=O)Nc2ncccc21.[Rb+]. The van der Waals surface area contributed by atoms with Gasteiger partial charge in [0, 0.05) is 11.8 Å². The summed E-state index contributed by atoms with van der Waals surface area (Å²) in [5.41, 5.74) is 4.62. The van der Waals surface area contributed by atoms with Gasteiger partial charge in [0.1, 0.15) is 5.82 Å². The van der Waals surface area contributed by atoms with Crippen LogP contribution in [0, 0.1) is 6.92 Å². The molecule has 24 heavy (non-hydrogen) atoms. The molecule has 1 aromatic carbocycles. The van der Waals surface area contributed by atoms with Gasteiger partial charge in [0.15, 0.2) is 0 Å². The van der Waals surface area contributed by atoms with Gasteiger partial charge in [-0.1, -0.05) is 12.1 Å². The fourth-order valence-electron chi connectivity index (χ4n) is 3.94. The van der Waals surface area contributed by atoms with Crippen LogP contribution in [-0.4, -0.2) is 15.9 Å². The van der Waals surface area contributed by atoms with Crippen LogP contribution in [0.2, 0.25) is 0 Å². The molecule has 1 unspecified atom stereocenters. The smallest absolute Gasteiger partial charge is 0.310 e. The normalized spacial score (nSPS) is 20.6. The van der Waals surface area contributed by atoms with E-state index >= 15 is 0 Å². The Morgan fingerprint density at radius 2 is 1.92 bits per heavy atom. The van der Waals surface area contributed by atoms with E-state index in [0.717, 1.165) is 28.6 Å². The van der Waals surface area contributed by atoms with Crippen molar-refractivity contribution < 1.29 is 63.0 Å². The zero-order valence-corrected chi connectivity index (χ0v) is 18.4. The van der Waals surface area contributed by atoms with E-state index in [2.05, 4.69) is 34.3 Å². The number of amides is 1. The van der Waals surface area contributed by atoms with Crippen LogP contribution in [0.15, 0.2) is 42.6 Å². The Hall–Kier alpha value is -1.07. The number of carbonyl (C=O) groups excluding carboxylic acids is 1. The van der Waals surface area contributed by atoms with Gasteiger partial charge in [-0.25, -0.2) is 11.9 Å². The topological polar surface area (TPSA) is 54.9 Å². The second-order valence-corrected chi connectivity index (χ2v) is 6.41. The fourth-order valence-corrected chi connectivity index (χ4v) is 3.94. The number of nitrogens with one attached hydrogen (secondary N) is 1. The molecule has 1 N–H and O–H groups in total. The molecule has 0 fully saturated rings. The van der Waals surface area contributed by atoms with Crippen molar-refractivity contribution in [1.29, 1.82) is 0 Å². The molecule has 1 atom stereocenters. The molecule has 3 aromatic rings. The minimum Gasteiger partial charge on any atom is -0.310 e. The van der Waals surface area contributed by atoms with E-state index in [9.17, 15) is 4.79 Å². The molecule has 1 spiro atoms. The number of hydrogen-bond acceptors (Lipinski definition) is 3. The first-order chi connectivity index (χ1) is 11.2. The number of pyridine rings is 2. The summed E-state index contributed by atoms with van der Waals surface area (Å²) < 4.78 is 0. The Morgan fingerprint density at radius 1 is 1.12 bits per heavy atom. The van der Waals surface area contributed by atoms with Crippen molar-refractivity contribution in [3.8, 4) is 0 Å². The third kappa shape index (κ3) is 2.24. The second-order valence-electron chi connectivity index (χ2n) is 6.41. The number of benzene rings is 1. The number of anilines is 1. The zero-order valence-electron chi connectivity index (χ0n) is 13.5. The number of rotatable bonds is 0. The van der Waals surface area contributed by atoms with Crippen molar-refractivity contribution in [2.24, 2.45) is 0 Å². The van der Waals surface area contributed by atoms with Gasteiger partial charge in [-0.15, -0.1) is 11.8 Å². The Labute approximate surface area is 188 Å². The standard InChI is InChI=1S/C19H14N3O.Rb/c1-11-4-5-12-7-13-9-19(10-14(13)8-16(12)21-11)15-3-2-6-20-17(15)22-18(19)23;/h2-8H,1,9-10H2,(H,20,22,23);/q-1;+1. The molecule has 1 aliphatic carbocycles. The summed E-state index contributed by atoms with van der Waals surface area (Å²) in [6, 6.07) is 12.1. The van der Waals surface area contributed by atoms with Crippen molar-refractivity contribution in [3.05, 3.63) is 71.9 Å². The maximum absolute atomic E-state index is 12.7. The average molecular weight is 386 g/mol. The number of aromatic nitrogens is 2. The molecule has 112 valence electrons. The van der Waals surface area contributed by atoms with Crippen LogP contribution in [0.3, 0.4) is 0 Å². The van der Waals surface area contributed by atoms with Gasteiger partial charge in [-0.3, -0.25) is 9.78 Å². The Morgan fingerprint density at radius 3 is 2.75 bits per heavy atom. The number of hydrogen-bond donors (Lipinski definition) is 1. The molecular weight excluding hydrogens is 372 g/mol. The number of fused-ring (bicyclic) bond motifs is 4. The molecule has 1 aliphatic heterocycles. The van der Waals surface area contributed by atoms with Gasteiger partial charge in [0.05, 0.1) is 10.9 Å². The minimum absolute atomic E-state index is 0. The molecule has 4 nitrogen and oxygen atoms in total. The Balaban J connectivity index is 0.00000146. The van der Waals surface area contributed by atoms with Crippen molar-refractivity contribution in [2.45, 2.75) is 18.3 Å². The van der Waals surface area contributed by atoms with E-state index in [1.54, 1.807) is 6.20 Å². The van der Waals surface area contributed by atoms with Crippen LogP contribution in [0.4, 0.5) is 5.82 Å². The summed E-state index contributed by atoms with van der Waals surface area (Å²) in [5, 5.41) is 4.04. The Kier molecular flexibility index (Phi) is 3.92. The molecule has 0 saturated carbocycles. The van der Waals surface area contributed by atoms with Crippen molar-refractivity contribution in [3.63, 3.8) is 0 Å². The van der Waals surface area contributed by atoms with Crippen LogP contribution in [0.5, 0.6) is 0 Å². The zero-order chi connectivity index (χ0) is 15.6. The molecule has 2 aliphatic rings. The quantitative estimate of drug-likeness (QED) is 0.546. The minimum atomic E-state index is -0.517. The summed E-state index contributed by atoms with van der Waals surface area (Å²) in [4.78, 5) is 21.5.